The molecular weight excluding hydrogens is 344 g/mol. The van der Waals surface area contributed by atoms with Gasteiger partial charge in [0.2, 0.25) is 5.91 Å². The molecule has 4 nitrogen and oxygen atoms in total. The molecule has 20 heavy (non-hydrogen) atoms. The van der Waals surface area contributed by atoms with E-state index in [4.69, 9.17) is 10.5 Å². The van der Waals surface area contributed by atoms with Crippen molar-refractivity contribution in [1.82, 2.24) is 5.32 Å². The highest BCUT2D eigenvalue weighted by Gasteiger charge is 2.27. The number of methoxy groups -OCH3 is 1. The van der Waals surface area contributed by atoms with Gasteiger partial charge in [-0.25, -0.2) is 0 Å². The topological polar surface area (TPSA) is 64.3 Å². The van der Waals surface area contributed by atoms with Crippen LogP contribution in [0.2, 0.25) is 0 Å². The highest BCUT2D eigenvalue weighted by Crippen LogP contribution is 2.26. The van der Waals surface area contributed by atoms with Crippen molar-refractivity contribution in [2.75, 3.05) is 7.11 Å². The molecule has 0 aromatic heterocycles. The average molecular weight is 364 g/mol. The van der Waals surface area contributed by atoms with Crippen molar-refractivity contribution in [2.45, 2.75) is 31.8 Å². The molecular formula is C14H20BrClN2O2. The van der Waals surface area contributed by atoms with Gasteiger partial charge in [0.15, 0.2) is 0 Å². The van der Waals surface area contributed by atoms with Gasteiger partial charge in [0.25, 0.3) is 0 Å². The van der Waals surface area contributed by atoms with E-state index in [1.165, 1.54) is 0 Å². The number of benzene rings is 1. The van der Waals surface area contributed by atoms with Gasteiger partial charge in [-0.3, -0.25) is 4.79 Å². The number of carbonyl (C=O) groups is 1. The number of hydrogen-bond acceptors (Lipinski definition) is 3. The van der Waals surface area contributed by atoms with Crippen LogP contribution in [0.1, 0.15) is 24.8 Å². The SMILES string of the molecule is COc1ccc(CNC(=O)C2CCC(N)C2)cc1Br.Cl. The first-order valence-corrected chi connectivity index (χ1v) is 7.25. The van der Waals surface area contributed by atoms with E-state index in [-0.39, 0.29) is 30.3 Å². The zero-order chi connectivity index (χ0) is 13.8. The number of nitrogens with one attached hydrogen (secondary N) is 1. The smallest absolute Gasteiger partial charge is 0.223 e. The summed E-state index contributed by atoms with van der Waals surface area (Å²) in [6, 6.07) is 5.98. The third-order valence-electron chi connectivity index (χ3n) is 3.53. The normalized spacial score (nSPS) is 21.1. The second-order valence-electron chi connectivity index (χ2n) is 4.96. The molecule has 1 aromatic carbocycles. The molecule has 2 atom stereocenters. The van der Waals surface area contributed by atoms with Crippen molar-refractivity contribution in [3.05, 3.63) is 28.2 Å². The summed E-state index contributed by atoms with van der Waals surface area (Å²) in [5, 5.41) is 2.97. The van der Waals surface area contributed by atoms with E-state index < -0.39 is 0 Å². The van der Waals surface area contributed by atoms with Crippen molar-refractivity contribution in [3.63, 3.8) is 0 Å². The third kappa shape index (κ3) is 4.36. The predicted octanol–water partition coefficient (Wildman–Crippen LogP) is 2.62. The molecule has 1 aliphatic carbocycles. The number of amides is 1. The Labute approximate surface area is 134 Å². The van der Waals surface area contributed by atoms with Crippen LogP contribution in [-0.2, 0) is 11.3 Å². The lowest BCUT2D eigenvalue weighted by Crippen LogP contribution is -2.29. The molecule has 2 unspecified atom stereocenters. The Morgan fingerprint density at radius 2 is 2.25 bits per heavy atom. The van der Waals surface area contributed by atoms with Crippen LogP contribution in [0.4, 0.5) is 0 Å². The molecule has 1 aromatic rings. The summed E-state index contributed by atoms with van der Waals surface area (Å²) in [5.74, 6) is 0.980. The largest absolute Gasteiger partial charge is 0.496 e. The van der Waals surface area contributed by atoms with Crippen LogP contribution < -0.4 is 15.8 Å². The summed E-state index contributed by atoms with van der Waals surface area (Å²) >= 11 is 3.43. The van der Waals surface area contributed by atoms with E-state index >= 15 is 0 Å². The number of halogens is 2. The van der Waals surface area contributed by atoms with Crippen molar-refractivity contribution < 1.29 is 9.53 Å². The van der Waals surface area contributed by atoms with Crippen molar-refractivity contribution in [1.29, 1.82) is 0 Å². The lowest BCUT2D eigenvalue weighted by atomic mass is 10.1. The predicted molar refractivity (Wildman–Crippen MR) is 85.1 cm³/mol. The van der Waals surface area contributed by atoms with E-state index in [9.17, 15) is 4.79 Å². The Kier molecular flexibility index (Phi) is 6.79. The fourth-order valence-corrected chi connectivity index (χ4v) is 3.00. The zero-order valence-electron chi connectivity index (χ0n) is 11.4. The minimum Gasteiger partial charge on any atom is -0.496 e. The Morgan fingerprint density at radius 3 is 2.80 bits per heavy atom. The molecule has 1 fully saturated rings. The van der Waals surface area contributed by atoms with Crippen LogP contribution in [0.15, 0.2) is 22.7 Å². The fourth-order valence-electron chi connectivity index (χ4n) is 2.41. The van der Waals surface area contributed by atoms with Crippen LogP contribution in [-0.4, -0.2) is 19.1 Å². The maximum atomic E-state index is 12.0. The first-order chi connectivity index (χ1) is 9.10. The minimum atomic E-state index is 0. The Balaban J connectivity index is 0.00000200. The monoisotopic (exact) mass is 362 g/mol. The number of nitrogens with two attached hydrogens (primary N) is 1. The highest BCUT2D eigenvalue weighted by atomic mass is 79.9. The van der Waals surface area contributed by atoms with Crippen molar-refractivity contribution >= 4 is 34.2 Å². The van der Waals surface area contributed by atoms with Crippen molar-refractivity contribution in [2.24, 2.45) is 11.7 Å². The molecule has 2 rings (SSSR count). The van der Waals surface area contributed by atoms with Crippen LogP contribution in [0, 0.1) is 5.92 Å². The molecule has 0 heterocycles. The molecule has 1 amide bonds. The van der Waals surface area contributed by atoms with Crippen LogP contribution in [0.3, 0.4) is 0 Å². The van der Waals surface area contributed by atoms with Crippen LogP contribution in [0.25, 0.3) is 0 Å². The third-order valence-corrected chi connectivity index (χ3v) is 4.15. The summed E-state index contributed by atoms with van der Waals surface area (Å²) in [5.41, 5.74) is 6.87. The average Bonchev–Trinajstić information content (AvgIpc) is 2.83. The van der Waals surface area contributed by atoms with Gasteiger partial charge in [-0.05, 0) is 52.9 Å². The molecule has 1 aliphatic rings. The summed E-state index contributed by atoms with van der Waals surface area (Å²) in [7, 11) is 1.63. The molecule has 0 aliphatic heterocycles. The molecule has 3 N–H and O–H groups in total. The van der Waals surface area contributed by atoms with E-state index in [1.54, 1.807) is 7.11 Å². The van der Waals surface area contributed by atoms with E-state index in [2.05, 4.69) is 21.2 Å². The fraction of sp³-hybridized carbons (Fsp3) is 0.500. The van der Waals surface area contributed by atoms with Gasteiger partial charge in [0, 0.05) is 18.5 Å². The first-order valence-electron chi connectivity index (χ1n) is 6.46. The number of hydrogen-bond donors (Lipinski definition) is 2. The van der Waals surface area contributed by atoms with Gasteiger partial charge in [-0.15, -0.1) is 12.4 Å². The summed E-state index contributed by atoms with van der Waals surface area (Å²) < 4.78 is 6.06. The van der Waals surface area contributed by atoms with Gasteiger partial charge < -0.3 is 15.8 Å². The molecule has 0 spiro atoms. The van der Waals surface area contributed by atoms with E-state index in [0.717, 1.165) is 35.0 Å². The standard InChI is InChI=1S/C14H19BrN2O2.ClH/c1-19-13-5-2-9(6-12(13)15)8-17-14(18)10-3-4-11(16)7-10;/h2,5-6,10-11H,3-4,7-8,16H2,1H3,(H,17,18);1H. The Morgan fingerprint density at radius 1 is 1.50 bits per heavy atom. The van der Waals surface area contributed by atoms with Gasteiger partial charge in [-0.2, -0.15) is 0 Å². The van der Waals surface area contributed by atoms with E-state index in [1.807, 2.05) is 18.2 Å². The Bertz CT molecular complexity index is 470. The minimum absolute atomic E-state index is 0. The second-order valence-corrected chi connectivity index (χ2v) is 5.81. The molecule has 0 radical (unpaired) electrons. The lowest BCUT2D eigenvalue weighted by molar-refractivity contribution is -0.125. The van der Waals surface area contributed by atoms with Crippen molar-refractivity contribution in [3.8, 4) is 5.75 Å². The lowest BCUT2D eigenvalue weighted by Gasteiger charge is -2.11. The number of ether oxygens (including phenoxy) is 1. The number of carbonyl (C=O) groups excluding carboxylic acids is 1. The second kappa shape index (κ2) is 7.86. The molecule has 1 saturated carbocycles. The Hall–Kier alpha value is -0.780. The number of rotatable bonds is 4. The maximum absolute atomic E-state index is 12.0. The van der Waals surface area contributed by atoms with Gasteiger partial charge in [0.1, 0.15) is 5.75 Å². The first kappa shape index (κ1) is 17.3. The molecule has 112 valence electrons. The summed E-state index contributed by atoms with van der Waals surface area (Å²) in [6.07, 6.45) is 2.66. The van der Waals surface area contributed by atoms with Crippen LogP contribution >= 0.6 is 28.3 Å². The molecule has 0 bridgehead atoms. The van der Waals surface area contributed by atoms with E-state index in [0.29, 0.717) is 6.54 Å². The zero-order valence-corrected chi connectivity index (χ0v) is 13.8. The van der Waals surface area contributed by atoms with Gasteiger partial charge in [0.05, 0.1) is 11.6 Å². The van der Waals surface area contributed by atoms with Crippen LogP contribution in [0.5, 0.6) is 5.75 Å². The summed E-state index contributed by atoms with van der Waals surface area (Å²) in [4.78, 5) is 12.0. The summed E-state index contributed by atoms with van der Waals surface area (Å²) in [6.45, 7) is 0.535. The molecule has 6 heteroatoms. The highest BCUT2D eigenvalue weighted by molar-refractivity contribution is 9.10. The van der Waals surface area contributed by atoms with Gasteiger partial charge in [-0.1, -0.05) is 6.07 Å². The maximum Gasteiger partial charge on any atom is 0.223 e. The quantitative estimate of drug-likeness (QED) is 0.864. The molecule has 0 saturated heterocycles. The van der Waals surface area contributed by atoms with Gasteiger partial charge >= 0.3 is 0 Å².